The Morgan fingerprint density at radius 2 is 2.05 bits per heavy atom. The summed E-state index contributed by atoms with van der Waals surface area (Å²) in [4.78, 5) is 2.68. The fraction of sp³-hybridized carbons (Fsp3) is 0.421. The van der Waals surface area contributed by atoms with Crippen molar-refractivity contribution in [2.24, 2.45) is 0 Å². The predicted octanol–water partition coefficient (Wildman–Crippen LogP) is 3.72. The Balaban J connectivity index is 1.54. The summed E-state index contributed by atoms with van der Waals surface area (Å²) in [5.41, 5.74) is 4.24. The SMILES string of the molecule is CCn1cc(C2=CC3CCC(C2)N3Cc2ccccc2)cn1. The van der Waals surface area contributed by atoms with Gasteiger partial charge in [0.2, 0.25) is 0 Å². The second-order valence-corrected chi connectivity index (χ2v) is 6.44. The van der Waals surface area contributed by atoms with Crippen LogP contribution in [0.3, 0.4) is 0 Å². The molecule has 2 bridgehead atoms. The van der Waals surface area contributed by atoms with Crippen LogP contribution < -0.4 is 0 Å². The van der Waals surface area contributed by atoms with E-state index in [4.69, 9.17) is 0 Å². The molecule has 3 heterocycles. The molecule has 0 N–H and O–H groups in total. The summed E-state index contributed by atoms with van der Waals surface area (Å²) in [7, 11) is 0. The van der Waals surface area contributed by atoms with Gasteiger partial charge in [-0.25, -0.2) is 0 Å². The van der Waals surface area contributed by atoms with E-state index in [0.29, 0.717) is 12.1 Å². The van der Waals surface area contributed by atoms with Crippen molar-refractivity contribution in [1.82, 2.24) is 14.7 Å². The van der Waals surface area contributed by atoms with Crippen LogP contribution in [-0.2, 0) is 13.1 Å². The monoisotopic (exact) mass is 293 g/mol. The molecule has 4 rings (SSSR count). The highest BCUT2D eigenvalue weighted by Gasteiger charge is 2.36. The average molecular weight is 293 g/mol. The minimum Gasteiger partial charge on any atom is -0.289 e. The molecule has 2 unspecified atom stereocenters. The van der Waals surface area contributed by atoms with Crippen molar-refractivity contribution in [3.63, 3.8) is 0 Å². The molecule has 114 valence electrons. The van der Waals surface area contributed by atoms with Crippen LogP contribution in [0.4, 0.5) is 0 Å². The maximum Gasteiger partial charge on any atom is 0.0564 e. The molecule has 2 aromatic rings. The third-order valence-electron chi connectivity index (χ3n) is 5.08. The number of benzene rings is 1. The van der Waals surface area contributed by atoms with Crippen molar-refractivity contribution < 1.29 is 0 Å². The van der Waals surface area contributed by atoms with E-state index in [2.05, 4.69) is 59.5 Å². The molecular weight excluding hydrogens is 270 g/mol. The van der Waals surface area contributed by atoms with Gasteiger partial charge in [-0.15, -0.1) is 0 Å². The van der Waals surface area contributed by atoms with Crippen molar-refractivity contribution in [2.75, 3.05) is 0 Å². The second-order valence-electron chi connectivity index (χ2n) is 6.44. The van der Waals surface area contributed by atoms with Crippen LogP contribution in [0.1, 0.15) is 37.3 Å². The predicted molar refractivity (Wildman–Crippen MR) is 89.3 cm³/mol. The summed E-state index contributed by atoms with van der Waals surface area (Å²) in [6.07, 6.45) is 10.5. The van der Waals surface area contributed by atoms with Crippen LogP contribution in [0.2, 0.25) is 0 Å². The maximum absolute atomic E-state index is 4.43. The van der Waals surface area contributed by atoms with Gasteiger partial charge in [0, 0.05) is 36.9 Å². The number of rotatable bonds is 4. The number of nitrogens with zero attached hydrogens (tertiary/aromatic N) is 3. The first-order valence-electron chi connectivity index (χ1n) is 8.36. The van der Waals surface area contributed by atoms with Gasteiger partial charge in [-0.2, -0.15) is 5.10 Å². The van der Waals surface area contributed by atoms with E-state index in [-0.39, 0.29) is 0 Å². The normalized spacial score (nSPS) is 24.5. The lowest BCUT2D eigenvalue weighted by Crippen LogP contribution is -2.37. The van der Waals surface area contributed by atoms with E-state index in [1.165, 1.54) is 36.0 Å². The first-order valence-corrected chi connectivity index (χ1v) is 8.36. The van der Waals surface area contributed by atoms with Crippen molar-refractivity contribution in [2.45, 2.75) is 51.4 Å². The first-order chi connectivity index (χ1) is 10.8. The lowest BCUT2D eigenvalue weighted by molar-refractivity contribution is 0.203. The fourth-order valence-corrected chi connectivity index (χ4v) is 3.88. The molecule has 1 aromatic heterocycles. The van der Waals surface area contributed by atoms with Crippen molar-refractivity contribution >= 4 is 5.57 Å². The van der Waals surface area contributed by atoms with Crippen LogP contribution in [0.25, 0.3) is 5.57 Å². The van der Waals surface area contributed by atoms with Gasteiger partial charge < -0.3 is 0 Å². The number of hydrogen-bond donors (Lipinski definition) is 0. The van der Waals surface area contributed by atoms with Crippen LogP contribution in [-0.4, -0.2) is 26.8 Å². The quantitative estimate of drug-likeness (QED) is 0.856. The van der Waals surface area contributed by atoms with E-state index < -0.39 is 0 Å². The Kier molecular flexibility index (Phi) is 3.59. The molecule has 0 radical (unpaired) electrons. The highest BCUT2D eigenvalue weighted by molar-refractivity contribution is 5.67. The lowest BCUT2D eigenvalue weighted by Gasteiger charge is -2.33. The first kappa shape index (κ1) is 13.8. The molecule has 3 nitrogen and oxygen atoms in total. The van der Waals surface area contributed by atoms with Gasteiger partial charge >= 0.3 is 0 Å². The molecule has 1 aromatic carbocycles. The molecule has 2 atom stereocenters. The molecule has 0 aliphatic carbocycles. The zero-order valence-corrected chi connectivity index (χ0v) is 13.2. The van der Waals surface area contributed by atoms with Gasteiger partial charge in [0.1, 0.15) is 0 Å². The van der Waals surface area contributed by atoms with Crippen LogP contribution in [0, 0.1) is 0 Å². The maximum atomic E-state index is 4.43. The van der Waals surface area contributed by atoms with Crippen molar-refractivity contribution in [1.29, 1.82) is 0 Å². The number of fused-ring (bicyclic) bond motifs is 2. The van der Waals surface area contributed by atoms with E-state index in [0.717, 1.165) is 13.1 Å². The summed E-state index contributed by atoms with van der Waals surface area (Å²) in [5.74, 6) is 0. The standard InChI is InChI=1S/C19H23N3/c1-2-21-14-17(12-20-21)16-10-18-8-9-19(11-16)22(18)13-15-6-4-3-5-7-15/h3-7,10,12,14,18-19H,2,8-9,11,13H2,1H3. The molecule has 0 saturated carbocycles. The Morgan fingerprint density at radius 1 is 1.18 bits per heavy atom. The fourth-order valence-electron chi connectivity index (χ4n) is 3.88. The van der Waals surface area contributed by atoms with E-state index in [1.54, 1.807) is 0 Å². The van der Waals surface area contributed by atoms with Crippen LogP contribution in [0.15, 0.2) is 48.8 Å². The van der Waals surface area contributed by atoms with E-state index in [9.17, 15) is 0 Å². The average Bonchev–Trinajstić information content (AvgIpc) is 3.11. The Hall–Kier alpha value is -1.87. The number of hydrogen-bond acceptors (Lipinski definition) is 2. The summed E-state index contributed by atoms with van der Waals surface area (Å²) in [5, 5.41) is 4.43. The minimum atomic E-state index is 0.596. The molecular formula is C19H23N3. The van der Waals surface area contributed by atoms with Crippen molar-refractivity contribution in [3.05, 3.63) is 59.9 Å². The Labute approximate surface area is 132 Å². The summed E-state index contributed by atoms with van der Waals surface area (Å²) < 4.78 is 2.02. The van der Waals surface area contributed by atoms with Crippen molar-refractivity contribution in [3.8, 4) is 0 Å². The molecule has 3 heteroatoms. The van der Waals surface area contributed by atoms with Gasteiger partial charge in [-0.1, -0.05) is 36.4 Å². The Morgan fingerprint density at radius 3 is 2.77 bits per heavy atom. The van der Waals surface area contributed by atoms with Gasteiger partial charge in [0.15, 0.2) is 0 Å². The summed E-state index contributed by atoms with van der Waals surface area (Å²) in [6.45, 7) is 4.16. The molecule has 1 saturated heterocycles. The van der Waals surface area contributed by atoms with E-state index in [1.807, 2.05) is 10.9 Å². The Bertz CT molecular complexity index is 671. The summed E-state index contributed by atoms with van der Waals surface area (Å²) >= 11 is 0. The summed E-state index contributed by atoms with van der Waals surface area (Å²) in [6, 6.07) is 12.1. The van der Waals surface area contributed by atoms with Gasteiger partial charge in [0.25, 0.3) is 0 Å². The van der Waals surface area contributed by atoms with Gasteiger partial charge in [-0.3, -0.25) is 9.58 Å². The third-order valence-corrected chi connectivity index (χ3v) is 5.08. The van der Waals surface area contributed by atoms with E-state index >= 15 is 0 Å². The molecule has 0 amide bonds. The lowest BCUT2D eigenvalue weighted by atomic mass is 9.96. The van der Waals surface area contributed by atoms with Crippen LogP contribution in [0.5, 0.6) is 0 Å². The zero-order chi connectivity index (χ0) is 14.9. The number of aromatic nitrogens is 2. The smallest absolute Gasteiger partial charge is 0.0564 e. The largest absolute Gasteiger partial charge is 0.289 e. The van der Waals surface area contributed by atoms with Crippen LogP contribution >= 0.6 is 0 Å². The molecule has 0 spiro atoms. The highest BCUT2D eigenvalue weighted by Crippen LogP contribution is 2.39. The highest BCUT2D eigenvalue weighted by atomic mass is 15.3. The molecule has 2 aliphatic heterocycles. The second kappa shape index (κ2) is 5.73. The molecule has 1 fully saturated rings. The molecule has 22 heavy (non-hydrogen) atoms. The molecule has 2 aliphatic rings. The minimum absolute atomic E-state index is 0.596. The van der Waals surface area contributed by atoms with Gasteiger partial charge in [0.05, 0.1) is 6.20 Å². The zero-order valence-electron chi connectivity index (χ0n) is 13.2. The number of aryl methyl sites for hydroxylation is 1. The van der Waals surface area contributed by atoms with Gasteiger partial charge in [-0.05, 0) is 37.3 Å². The third kappa shape index (κ3) is 2.50. The topological polar surface area (TPSA) is 21.1 Å².